The Morgan fingerprint density at radius 3 is 2.88 bits per heavy atom. The van der Waals surface area contributed by atoms with Gasteiger partial charge in [0.2, 0.25) is 0 Å². The molecule has 0 aliphatic heterocycles. The molecule has 4 heteroatoms. The molecule has 0 saturated carbocycles. The number of nitrogens with two attached hydrogens (primary N) is 1. The van der Waals surface area contributed by atoms with Crippen LogP contribution in [-0.2, 0) is 0 Å². The van der Waals surface area contributed by atoms with Crippen LogP contribution in [0.15, 0.2) is 21.6 Å². The zero-order chi connectivity index (χ0) is 12.0. The van der Waals surface area contributed by atoms with E-state index in [0.717, 1.165) is 30.8 Å². The zero-order valence-electron chi connectivity index (χ0n) is 9.82. The van der Waals surface area contributed by atoms with Crippen LogP contribution < -0.4 is 5.73 Å². The molecule has 1 aromatic rings. The van der Waals surface area contributed by atoms with Gasteiger partial charge in [0.05, 0.1) is 12.3 Å². The highest BCUT2D eigenvalue weighted by Crippen LogP contribution is 2.24. The summed E-state index contributed by atoms with van der Waals surface area (Å²) in [5.41, 5.74) is 5.06. The first kappa shape index (κ1) is 13.1. The minimum absolute atomic E-state index is 0.670. The fourth-order valence-electron chi connectivity index (χ4n) is 1.36. The summed E-state index contributed by atoms with van der Waals surface area (Å²) in [6, 6.07) is 4.10. The third-order valence-corrected chi connectivity index (χ3v) is 3.64. The summed E-state index contributed by atoms with van der Waals surface area (Å²) in [5, 5.41) is 8.74. The maximum Gasteiger partial charge on any atom is 0.114 e. The summed E-state index contributed by atoms with van der Waals surface area (Å²) in [7, 11) is 0. The summed E-state index contributed by atoms with van der Waals surface area (Å²) in [6.45, 7) is 3.75. The molecule has 88 valence electrons. The van der Waals surface area contributed by atoms with Crippen LogP contribution in [-0.4, -0.2) is 11.3 Å². The van der Waals surface area contributed by atoms with E-state index in [2.05, 4.69) is 6.07 Å². The largest absolute Gasteiger partial charge is 0.468 e. The van der Waals surface area contributed by atoms with Gasteiger partial charge in [-0.05, 0) is 44.9 Å². The van der Waals surface area contributed by atoms with Crippen LogP contribution in [0.1, 0.15) is 31.9 Å². The van der Waals surface area contributed by atoms with Crippen LogP contribution in [0.2, 0.25) is 0 Å². The van der Waals surface area contributed by atoms with Crippen molar-refractivity contribution in [2.45, 2.75) is 43.5 Å². The molecule has 0 aliphatic rings. The predicted octanol–water partition coefficient (Wildman–Crippen LogP) is 3.09. The van der Waals surface area contributed by atoms with Gasteiger partial charge in [-0.2, -0.15) is 5.26 Å². The van der Waals surface area contributed by atoms with Crippen molar-refractivity contribution >= 4 is 11.8 Å². The number of thioether (sulfide) groups is 1. The highest BCUT2D eigenvalue weighted by Gasteiger charge is 2.15. The third kappa shape index (κ3) is 4.30. The lowest BCUT2D eigenvalue weighted by Gasteiger charge is -2.14. The third-order valence-electron chi connectivity index (χ3n) is 2.41. The average molecular weight is 238 g/mol. The molecule has 0 fully saturated rings. The fraction of sp³-hybridized carbons (Fsp3) is 0.583. The summed E-state index contributed by atoms with van der Waals surface area (Å²) in [4.78, 5) is 1.20. The Balaban J connectivity index is 2.14. The van der Waals surface area contributed by atoms with Gasteiger partial charge in [-0.3, -0.25) is 0 Å². The van der Waals surface area contributed by atoms with Crippen molar-refractivity contribution in [2.75, 3.05) is 5.75 Å². The normalized spacial score (nSPS) is 14.4. The zero-order valence-corrected chi connectivity index (χ0v) is 10.6. The van der Waals surface area contributed by atoms with Crippen molar-refractivity contribution < 1.29 is 4.42 Å². The Hall–Kier alpha value is -0.920. The van der Waals surface area contributed by atoms with Gasteiger partial charge in [-0.1, -0.05) is 0 Å². The quantitative estimate of drug-likeness (QED) is 0.611. The van der Waals surface area contributed by atoms with Gasteiger partial charge in [0.15, 0.2) is 0 Å². The van der Waals surface area contributed by atoms with Crippen LogP contribution in [0.5, 0.6) is 0 Å². The SMILES string of the molecule is Cc1occc1SCCCCC(C)(N)C#N. The second kappa shape index (κ2) is 5.97. The van der Waals surface area contributed by atoms with Gasteiger partial charge in [0, 0.05) is 4.90 Å². The van der Waals surface area contributed by atoms with Gasteiger partial charge in [-0.15, -0.1) is 11.8 Å². The number of rotatable bonds is 6. The number of nitriles is 1. The van der Waals surface area contributed by atoms with Gasteiger partial charge < -0.3 is 10.2 Å². The smallest absolute Gasteiger partial charge is 0.114 e. The fourth-order valence-corrected chi connectivity index (χ4v) is 2.33. The molecule has 0 saturated heterocycles. The van der Waals surface area contributed by atoms with Crippen molar-refractivity contribution in [3.8, 4) is 6.07 Å². The van der Waals surface area contributed by atoms with Crippen LogP contribution in [0.25, 0.3) is 0 Å². The number of hydrogen-bond donors (Lipinski definition) is 1. The first-order chi connectivity index (χ1) is 7.55. The second-order valence-electron chi connectivity index (χ2n) is 4.18. The molecule has 2 N–H and O–H groups in total. The standard InChI is InChI=1S/C12H18N2OS/c1-10-11(5-7-15-10)16-8-4-3-6-12(2,14)9-13/h5,7H,3-4,6,8,14H2,1-2H3. The van der Waals surface area contributed by atoms with E-state index in [4.69, 9.17) is 15.4 Å². The number of furan rings is 1. The molecular formula is C12H18N2OS. The van der Waals surface area contributed by atoms with E-state index in [1.165, 1.54) is 4.90 Å². The van der Waals surface area contributed by atoms with Gasteiger partial charge in [0.1, 0.15) is 11.3 Å². The number of nitrogens with zero attached hydrogens (tertiary/aromatic N) is 1. The number of unbranched alkanes of at least 4 members (excludes halogenated alkanes) is 1. The molecule has 0 bridgehead atoms. The number of aryl methyl sites for hydroxylation is 1. The molecular weight excluding hydrogens is 220 g/mol. The van der Waals surface area contributed by atoms with Crippen molar-refractivity contribution in [2.24, 2.45) is 5.73 Å². The van der Waals surface area contributed by atoms with Crippen molar-refractivity contribution in [1.82, 2.24) is 0 Å². The highest BCUT2D eigenvalue weighted by atomic mass is 32.2. The minimum atomic E-state index is -0.670. The van der Waals surface area contributed by atoms with Crippen LogP contribution in [0.3, 0.4) is 0 Å². The first-order valence-electron chi connectivity index (χ1n) is 5.42. The van der Waals surface area contributed by atoms with Crippen LogP contribution in [0, 0.1) is 18.3 Å². The Bertz CT molecular complexity index is 365. The van der Waals surface area contributed by atoms with E-state index in [1.54, 1.807) is 24.9 Å². The molecule has 1 rings (SSSR count). The lowest BCUT2D eigenvalue weighted by atomic mass is 9.99. The molecule has 1 atom stereocenters. The van der Waals surface area contributed by atoms with Crippen molar-refractivity contribution in [3.63, 3.8) is 0 Å². The molecule has 0 radical (unpaired) electrons. The molecule has 0 spiro atoms. The average Bonchev–Trinajstić information content (AvgIpc) is 2.64. The molecule has 1 aromatic heterocycles. The minimum Gasteiger partial charge on any atom is -0.468 e. The van der Waals surface area contributed by atoms with Gasteiger partial charge in [-0.25, -0.2) is 0 Å². The van der Waals surface area contributed by atoms with E-state index in [-0.39, 0.29) is 0 Å². The lowest BCUT2D eigenvalue weighted by molar-refractivity contribution is 0.518. The van der Waals surface area contributed by atoms with Gasteiger partial charge >= 0.3 is 0 Å². The van der Waals surface area contributed by atoms with E-state index in [9.17, 15) is 0 Å². The van der Waals surface area contributed by atoms with E-state index >= 15 is 0 Å². The molecule has 1 heterocycles. The number of hydrogen-bond acceptors (Lipinski definition) is 4. The monoisotopic (exact) mass is 238 g/mol. The van der Waals surface area contributed by atoms with Crippen LogP contribution >= 0.6 is 11.8 Å². The van der Waals surface area contributed by atoms with E-state index in [0.29, 0.717) is 0 Å². The Morgan fingerprint density at radius 2 is 2.31 bits per heavy atom. The summed E-state index contributed by atoms with van der Waals surface area (Å²) < 4.78 is 5.21. The van der Waals surface area contributed by atoms with Crippen molar-refractivity contribution in [3.05, 3.63) is 18.1 Å². The molecule has 1 unspecified atom stereocenters. The van der Waals surface area contributed by atoms with E-state index in [1.807, 2.05) is 13.0 Å². The Labute approximate surface area is 101 Å². The predicted molar refractivity (Wildman–Crippen MR) is 66.2 cm³/mol. The summed E-state index contributed by atoms with van der Waals surface area (Å²) in [6.07, 6.45) is 4.53. The maximum atomic E-state index is 8.74. The first-order valence-corrected chi connectivity index (χ1v) is 6.41. The maximum absolute atomic E-state index is 8.74. The highest BCUT2D eigenvalue weighted by molar-refractivity contribution is 7.99. The molecule has 0 aromatic carbocycles. The van der Waals surface area contributed by atoms with E-state index < -0.39 is 5.54 Å². The molecule has 3 nitrogen and oxygen atoms in total. The Morgan fingerprint density at radius 1 is 1.56 bits per heavy atom. The topological polar surface area (TPSA) is 62.9 Å². The molecule has 16 heavy (non-hydrogen) atoms. The lowest BCUT2D eigenvalue weighted by Crippen LogP contribution is -2.33. The molecule has 0 aliphatic carbocycles. The summed E-state index contributed by atoms with van der Waals surface area (Å²) in [5.74, 6) is 2.02. The van der Waals surface area contributed by atoms with Crippen LogP contribution in [0.4, 0.5) is 0 Å². The second-order valence-corrected chi connectivity index (χ2v) is 5.31. The Kier molecular flexibility index (Phi) is 4.91. The van der Waals surface area contributed by atoms with Crippen molar-refractivity contribution in [1.29, 1.82) is 5.26 Å². The van der Waals surface area contributed by atoms with Gasteiger partial charge in [0.25, 0.3) is 0 Å². The molecule has 0 amide bonds. The summed E-state index contributed by atoms with van der Waals surface area (Å²) >= 11 is 1.79.